The third kappa shape index (κ3) is 63.2. The van der Waals surface area contributed by atoms with Crippen LogP contribution in [0.3, 0.4) is 0 Å². The Balaban J connectivity index is 4.41. The van der Waals surface area contributed by atoms with Crippen LogP contribution in [0.5, 0.6) is 0 Å². The molecule has 0 aromatic heterocycles. The summed E-state index contributed by atoms with van der Waals surface area (Å²) in [6.07, 6.45) is 88.4. The Morgan fingerprint density at radius 2 is 0.500 bits per heavy atom. The summed E-state index contributed by atoms with van der Waals surface area (Å²) in [4.78, 5) is 38.4. The first kappa shape index (κ1) is 74.3. The summed E-state index contributed by atoms with van der Waals surface area (Å²) in [5.74, 6) is -0.916. The molecule has 0 aromatic carbocycles. The molecule has 1 unspecified atom stereocenters. The van der Waals surface area contributed by atoms with Crippen molar-refractivity contribution >= 4 is 17.9 Å². The number of hydrogen-bond donors (Lipinski definition) is 0. The lowest BCUT2D eigenvalue weighted by atomic mass is 10.0. The molecule has 0 saturated carbocycles. The van der Waals surface area contributed by atoms with Crippen molar-refractivity contribution in [3.8, 4) is 0 Å². The van der Waals surface area contributed by atoms with E-state index in [1.165, 1.54) is 173 Å². The molecular formula is C72H124O6. The molecule has 0 aliphatic carbocycles. The quantitative estimate of drug-likeness (QED) is 0.0261. The minimum absolute atomic E-state index is 0.0870. The van der Waals surface area contributed by atoms with Crippen LogP contribution < -0.4 is 0 Å². The first-order valence-corrected chi connectivity index (χ1v) is 33.2. The van der Waals surface area contributed by atoms with Crippen molar-refractivity contribution < 1.29 is 28.6 Å². The highest BCUT2D eigenvalue weighted by molar-refractivity contribution is 5.71. The van der Waals surface area contributed by atoms with Gasteiger partial charge in [0.25, 0.3) is 0 Å². The van der Waals surface area contributed by atoms with Gasteiger partial charge in [-0.2, -0.15) is 0 Å². The SMILES string of the molecule is CC/C=C\C/C=C\C/C=C\C/C=C\C/C=C\C/C=C\C/C=C\C/C=C\CCCCC(=O)OCC(COC(=O)CCCCCCCCCCCCCCCCC)OC(=O)CCCCCCCCCCCCCCCCCCCC. The zero-order valence-corrected chi connectivity index (χ0v) is 51.4. The van der Waals surface area contributed by atoms with E-state index < -0.39 is 6.10 Å². The van der Waals surface area contributed by atoms with Gasteiger partial charge in [0.2, 0.25) is 0 Å². The molecule has 0 N–H and O–H groups in total. The number of esters is 3. The van der Waals surface area contributed by atoms with Crippen molar-refractivity contribution in [3.05, 3.63) is 97.2 Å². The van der Waals surface area contributed by atoms with E-state index in [0.29, 0.717) is 19.3 Å². The summed E-state index contributed by atoms with van der Waals surface area (Å²) >= 11 is 0. The summed E-state index contributed by atoms with van der Waals surface area (Å²) < 4.78 is 16.9. The van der Waals surface area contributed by atoms with Gasteiger partial charge in [-0.05, 0) is 83.5 Å². The second-order valence-corrected chi connectivity index (χ2v) is 22.0. The number of rotatable bonds is 60. The highest BCUT2D eigenvalue weighted by Crippen LogP contribution is 2.17. The summed E-state index contributed by atoms with van der Waals surface area (Å²) in [6, 6.07) is 0. The maximum absolute atomic E-state index is 12.9. The van der Waals surface area contributed by atoms with E-state index in [-0.39, 0.29) is 31.1 Å². The number of unbranched alkanes of at least 4 members (excludes halogenated alkanes) is 33. The standard InChI is InChI=1S/C72H124O6/c1-4-7-10-13-16-19-22-25-28-30-32-33-34-35-36-37-38-39-40-42-44-47-50-53-56-59-62-65-71(74)77-68-69(67-76-70(73)64-61-58-55-52-49-46-43-27-24-21-18-15-12-9-6-3)78-72(75)66-63-60-57-54-51-48-45-41-31-29-26-23-20-17-14-11-8-5-2/h7,10,16,19,25,28,32-33,35-36,38-39,42,44,50,53,69H,4-6,8-9,11-15,17-18,20-24,26-27,29-31,34,37,40-41,43,45-49,51-52,54-68H2,1-3H3/b10-7-,19-16-,28-25-,33-32-,36-35-,39-38-,44-42-,53-50-. The summed E-state index contributed by atoms with van der Waals surface area (Å²) in [6.45, 7) is 6.53. The molecule has 1 atom stereocenters. The van der Waals surface area contributed by atoms with Gasteiger partial charge in [0.1, 0.15) is 13.2 Å². The Kier molecular flexibility index (Phi) is 62.7. The molecular weight excluding hydrogens is 961 g/mol. The predicted molar refractivity (Wildman–Crippen MR) is 339 cm³/mol. The van der Waals surface area contributed by atoms with Crippen molar-refractivity contribution in [2.24, 2.45) is 0 Å². The van der Waals surface area contributed by atoms with Crippen LogP contribution in [0, 0.1) is 0 Å². The van der Waals surface area contributed by atoms with Gasteiger partial charge in [-0.25, -0.2) is 0 Å². The Morgan fingerprint density at radius 1 is 0.269 bits per heavy atom. The van der Waals surface area contributed by atoms with Gasteiger partial charge in [-0.1, -0.05) is 317 Å². The number of hydrogen-bond acceptors (Lipinski definition) is 6. The Hall–Kier alpha value is -3.67. The van der Waals surface area contributed by atoms with Crippen LogP contribution in [0.2, 0.25) is 0 Å². The molecule has 6 heteroatoms. The molecule has 0 fully saturated rings. The Labute approximate surface area is 483 Å². The van der Waals surface area contributed by atoms with Crippen LogP contribution in [0.1, 0.15) is 323 Å². The number of carbonyl (C=O) groups excluding carboxylic acids is 3. The first-order chi connectivity index (χ1) is 38.5. The molecule has 448 valence electrons. The minimum atomic E-state index is -0.794. The topological polar surface area (TPSA) is 78.9 Å². The average molecular weight is 1090 g/mol. The van der Waals surface area contributed by atoms with E-state index in [1.807, 2.05) is 0 Å². The number of ether oxygens (including phenoxy) is 3. The fraction of sp³-hybridized carbons (Fsp3) is 0.736. The van der Waals surface area contributed by atoms with E-state index in [2.05, 4.69) is 118 Å². The fourth-order valence-electron chi connectivity index (χ4n) is 9.40. The molecule has 0 aromatic rings. The zero-order valence-electron chi connectivity index (χ0n) is 51.4. The van der Waals surface area contributed by atoms with Crippen LogP contribution in [0.15, 0.2) is 97.2 Å². The van der Waals surface area contributed by atoms with Gasteiger partial charge in [0.15, 0.2) is 6.10 Å². The van der Waals surface area contributed by atoms with Crippen LogP contribution in [0.25, 0.3) is 0 Å². The molecule has 0 aliphatic heterocycles. The molecule has 0 bridgehead atoms. The van der Waals surface area contributed by atoms with Crippen LogP contribution in [-0.4, -0.2) is 37.2 Å². The van der Waals surface area contributed by atoms with E-state index in [0.717, 1.165) is 109 Å². The second kappa shape index (κ2) is 65.8. The van der Waals surface area contributed by atoms with Crippen LogP contribution >= 0.6 is 0 Å². The molecule has 0 rings (SSSR count). The molecule has 0 spiro atoms. The Morgan fingerprint density at radius 3 is 0.782 bits per heavy atom. The van der Waals surface area contributed by atoms with E-state index in [9.17, 15) is 14.4 Å². The smallest absolute Gasteiger partial charge is 0.306 e. The average Bonchev–Trinajstić information content (AvgIpc) is 3.44. The fourth-order valence-corrected chi connectivity index (χ4v) is 9.40. The van der Waals surface area contributed by atoms with Crippen molar-refractivity contribution in [2.45, 2.75) is 329 Å². The summed E-state index contributed by atoms with van der Waals surface area (Å²) in [7, 11) is 0. The lowest BCUT2D eigenvalue weighted by molar-refractivity contribution is -0.167. The minimum Gasteiger partial charge on any atom is -0.462 e. The molecule has 0 radical (unpaired) electrons. The largest absolute Gasteiger partial charge is 0.462 e. The normalized spacial score (nSPS) is 12.7. The number of carbonyl (C=O) groups is 3. The monoisotopic (exact) mass is 1080 g/mol. The van der Waals surface area contributed by atoms with Crippen molar-refractivity contribution in [2.75, 3.05) is 13.2 Å². The highest BCUT2D eigenvalue weighted by atomic mass is 16.6. The molecule has 0 saturated heterocycles. The maximum Gasteiger partial charge on any atom is 0.306 e. The first-order valence-electron chi connectivity index (χ1n) is 33.2. The lowest BCUT2D eigenvalue weighted by Crippen LogP contribution is -2.30. The molecule has 0 aliphatic rings. The third-order valence-electron chi connectivity index (χ3n) is 14.4. The van der Waals surface area contributed by atoms with Gasteiger partial charge < -0.3 is 14.2 Å². The highest BCUT2D eigenvalue weighted by Gasteiger charge is 2.19. The summed E-state index contributed by atoms with van der Waals surface area (Å²) in [5, 5.41) is 0. The van der Waals surface area contributed by atoms with E-state index in [4.69, 9.17) is 14.2 Å². The van der Waals surface area contributed by atoms with Crippen molar-refractivity contribution in [3.63, 3.8) is 0 Å². The lowest BCUT2D eigenvalue weighted by Gasteiger charge is -2.18. The summed E-state index contributed by atoms with van der Waals surface area (Å²) in [5.41, 5.74) is 0. The van der Waals surface area contributed by atoms with E-state index >= 15 is 0 Å². The number of allylic oxidation sites excluding steroid dienone is 16. The van der Waals surface area contributed by atoms with Gasteiger partial charge in [0, 0.05) is 19.3 Å². The zero-order chi connectivity index (χ0) is 56.4. The maximum atomic E-state index is 12.9. The van der Waals surface area contributed by atoms with Gasteiger partial charge in [0.05, 0.1) is 0 Å². The van der Waals surface area contributed by atoms with Crippen LogP contribution in [-0.2, 0) is 28.6 Å². The predicted octanol–water partition coefficient (Wildman–Crippen LogP) is 22.8. The molecule has 0 amide bonds. The molecule has 6 nitrogen and oxygen atoms in total. The Bertz CT molecular complexity index is 1530. The van der Waals surface area contributed by atoms with Crippen molar-refractivity contribution in [1.82, 2.24) is 0 Å². The van der Waals surface area contributed by atoms with Crippen LogP contribution in [0.4, 0.5) is 0 Å². The van der Waals surface area contributed by atoms with Gasteiger partial charge >= 0.3 is 17.9 Å². The van der Waals surface area contributed by atoms with E-state index in [1.54, 1.807) is 0 Å². The molecule has 78 heavy (non-hydrogen) atoms. The molecule has 0 heterocycles. The van der Waals surface area contributed by atoms with Gasteiger partial charge in [-0.15, -0.1) is 0 Å². The van der Waals surface area contributed by atoms with Gasteiger partial charge in [-0.3, -0.25) is 14.4 Å². The van der Waals surface area contributed by atoms with Crippen molar-refractivity contribution in [1.29, 1.82) is 0 Å². The second-order valence-electron chi connectivity index (χ2n) is 22.0. The third-order valence-corrected chi connectivity index (χ3v) is 14.4.